The molecule has 5 nitrogen and oxygen atoms in total. The Morgan fingerprint density at radius 2 is 2.25 bits per heavy atom. The Balaban J connectivity index is 1.65. The molecule has 6 heteroatoms. The standard InChI is InChI=1S/C18H23FN2O3/c1-11-4-5-13(19)12(9-11)10-17(23)20-14-6-7-16(22)21-18(14)15-3-2-8-24-15/h4-5,9,14-15,18H,2-3,6-8,10H2,1H3,(H,20,23)(H,21,22). The van der Waals surface area contributed by atoms with Gasteiger partial charge < -0.3 is 15.4 Å². The second kappa shape index (κ2) is 7.30. The van der Waals surface area contributed by atoms with Gasteiger partial charge in [-0.05, 0) is 37.8 Å². The molecule has 1 aromatic carbocycles. The largest absolute Gasteiger partial charge is 0.376 e. The fraction of sp³-hybridized carbons (Fsp3) is 0.556. The van der Waals surface area contributed by atoms with Gasteiger partial charge in [-0.15, -0.1) is 0 Å². The monoisotopic (exact) mass is 334 g/mol. The van der Waals surface area contributed by atoms with Crippen LogP contribution in [-0.4, -0.2) is 36.6 Å². The minimum absolute atomic E-state index is 0.00377. The molecule has 130 valence electrons. The summed E-state index contributed by atoms with van der Waals surface area (Å²) in [4.78, 5) is 24.1. The fourth-order valence-electron chi connectivity index (χ4n) is 3.49. The van der Waals surface area contributed by atoms with E-state index in [9.17, 15) is 14.0 Å². The van der Waals surface area contributed by atoms with Gasteiger partial charge in [0.25, 0.3) is 0 Å². The van der Waals surface area contributed by atoms with Gasteiger partial charge >= 0.3 is 0 Å². The lowest BCUT2D eigenvalue weighted by Crippen LogP contribution is -2.60. The average Bonchev–Trinajstić information content (AvgIpc) is 3.07. The van der Waals surface area contributed by atoms with Crippen LogP contribution >= 0.6 is 0 Å². The van der Waals surface area contributed by atoms with Crippen LogP contribution in [-0.2, 0) is 20.7 Å². The summed E-state index contributed by atoms with van der Waals surface area (Å²) in [5, 5.41) is 5.91. The third kappa shape index (κ3) is 3.93. The summed E-state index contributed by atoms with van der Waals surface area (Å²) in [6.07, 6.45) is 2.74. The third-order valence-corrected chi connectivity index (χ3v) is 4.71. The zero-order valence-electron chi connectivity index (χ0n) is 13.8. The van der Waals surface area contributed by atoms with Crippen LogP contribution in [0.5, 0.6) is 0 Å². The maximum Gasteiger partial charge on any atom is 0.224 e. The van der Waals surface area contributed by atoms with E-state index in [0.29, 0.717) is 25.0 Å². The van der Waals surface area contributed by atoms with Crippen molar-refractivity contribution in [1.29, 1.82) is 0 Å². The number of hydrogen-bond acceptors (Lipinski definition) is 3. The lowest BCUT2D eigenvalue weighted by Gasteiger charge is -2.36. The van der Waals surface area contributed by atoms with Crippen LogP contribution in [0.4, 0.5) is 4.39 Å². The van der Waals surface area contributed by atoms with E-state index in [1.807, 2.05) is 6.92 Å². The number of ether oxygens (including phenoxy) is 1. The number of halogens is 1. The summed E-state index contributed by atoms with van der Waals surface area (Å²) < 4.78 is 19.5. The Morgan fingerprint density at radius 3 is 3.00 bits per heavy atom. The van der Waals surface area contributed by atoms with Crippen molar-refractivity contribution in [3.63, 3.8) is 0 Å². The molecule has 24 heavy (non-hydrogen) atoms. The first-order valence-corrected chi connectivity index (χ1v) is 8.48. The van der Waals surface area contributed by atoms with Gasteiger partial charge in [0.1, 0.15) is 5.82 Å². The molecule has 2 N–H and O–H groups in total. The number of hydrogen-bond donors (Lipinski definition) is 2. The maximum atomic E-state index is 13.8. The minimum Gasteiger partial charge on any atom is -0.376 e. The highest BCUT2D eigenvalue weighted by Crippen LogP contribution is 2.22. The van der Waals surface area contributed by atoms with Gasteiger partial charge in [-0.2, -0.15) is 0 Å². The normalized spacial score (nSPS) is 26.9. The van der Waals surface area contributed by atoms with Gasteiger partial charge in [-0.25, -0.2) is 4.39 Å². The number of rotatable bonds is 4. The number of carbonyl (C=O) groups excluding carboxylic acids is 2. The van der Waals surface area contributed by atoms with Crippen molar-refractivity contribution in [2.45, 2.75) is 57.2 Å². The lowest BCUT2D eigenvalue weighted by atomic mass is 9.92. The number of aryl methyl sites for hydroxylation is 1. The van der Waals surface area contributed by atoms with E-state index in [2.05, 4.69) is 10.6 Å². The lowest BCUT2D eigenvalue weighted by molar-refractivity contribution is -0.128. The van der Waals surface area contributed by atoms with E-state index >= 15 is 0 Å². The molecular weight excluding hydrogens is 311 g/mol. The van der Waals surface area contributed by atoms with Gasteiger partial charge in [-0.1, -0.05) is 17.7 Å². The predicted octanol–water partition coefficient (Wildman–Crippen LogP) is 1.62. The molecule has 1 aromatic rings. The molecule has 3 atom stereocenters. The Hall–Kier alpha value is -1.95. The molecule has 0 aromatic heterocycles. The molecule has 3 rings (SSSR count). The Kier molecular flexibility index (Phi) is 5.14. The number of carbonyl (C=O) groups is 2. The topological polar surface area (TPSA) is 67.4 Å². The average molecular weight is 334 g/mol. The summed E-state index contributed by atoms with van der Waals surface area (Å²) in [6.45, 7) is 2.55. The molecule has 2 aliphatic rings. The van der Waals surface area contributed by atoms with Crippen molar-refractivity contribution < 1.29 is 18.7 Å². The minimum atomic E-state index is -0.372. The van der Waals surface area contributed by atoms with Crippen molar-refractivity contribution in [3.05, 3.63) is 35.1 Å². The highest BCUT2D eigenvalue weighted by molar-refractivity contribution is 5.81. The number of benzene rings is 1. The first kappa shape index (κ1) is 16.9. The number of nitrogens with one attached hydrogen (secondary N) is 2. The zero-order valence-corrected chi connectivity index (χ0v) is 13.8. The summed E-state index contributed by atoms with van der Waals surface area (Å²) >= 11 is 0. The van der Waals surface area contributed by atoms with Crippen molar-refractivity contribution >= 4 is 11.8 Å². The zero-order chi connectivity index (χ0) is 17.1. The van der Waals surface area contributed by atoms with Crippen molar-refractivity contribution in [3.8, 4) is 0 Å². The van der Waals surface area contributed by atoms with Gasteiger partial charge in [0.15, 0.2) is 0 Å². The first-order valence-electron chi connectivity index (χ1n) is 8.48. The van der Waals surface area contributed by atoms with E-state index in [1.54, 1.807) is 12.1 Å². The van der Waals surface area contributed by atoms with E-state index in [0.717, 1.165) is 18.4 Å². The Labute approximate surface area is 141 Å². The van der Waals surface area contributed by atoms with Gasteiger partial charge in [0, 0.05) is 13.0 Å². The van der Waals surface area contributed by atoms with Gasteiger partial charge in [0.05, 0.1) is 24.6 Å². The molecule has 0 bridgehead atoms. The highest BCUT2D eigenvalue weighted by atomic mass is 19.1. The van der Waals surface area contributed by atoms with Crippen LogP contribution in [0.1, 0.15) is 36.8 Å². The maximum absolute atomic E-state index is 13.8. The molecule has 2 fully saturated rings. The second-order valence-electron chi connectivity index (χ2n) is 6.63. The molecule has 2 amide bonds. The fourth-order valence-corrected chi connectivity index (χ4v) is 3.49. The van der Waals surface area contributed by atoms with Crippen LogP contribution in [0.15, 0.2) is 18.2 Å². The molecule has 0 spiro atoms. The van der Waals surface area contributed by atoms with Crippen molar-refractivity contribution in [2.75, 3.05) is 6.61 Å². The molecule has 0 radical (unpaired) electrons. The van der Waals surface area contributed by atoms with Gasteiger partial charge in [0.2, 0.25) is 11.8 Å². The SMILES string of the molecule is Cc1ccc(F)c(CC(=O)NC2CCC(=O)NC2C2CCCO2)c1. The molecule has 0 saturated carbocycles. The number of piperidine rings is 1. The van der Waals surface area contributed by atoms with Crippen LogP contribution < -0.4 is 10.6 Å². The quantitative estimate of drug-likeness (QED) is 0.879. The van der Waals surface area contributed by atoms with E-state index in [-0.39, 0.29) is 42.2 Å². The summed E-state index contributed by atoms with van der Waals surface area (Å²) in [5.41, 5.74) is 1.31. The molecule has 2 aliphatic heterocycles. The number of amides is 2. The molecule has 3 unspecified atom stereocenters. The van der Waals surface area contributed by atoms with Crippen LogP contribution in [0.3, 0.4) is 0 Å². The molecule has 2 heterocycles. The second-order valence-corrected chi connectivity index (χ2v) is 6.63. The Bertz CT molecular complexity index is 629. The van der Waals surface area contributed by atoms with E-state index in [4.69, 9.17) is 4.74 Å². The van der Waals surface area contributed by atoms with E-state index < -0.39 is 0 Å². The van der Waals surface area contributed by atoms with Gasteiger partial charge in [-0.3, -0.25) is 9.59 Å². The molecule has 2 saturated heterocycles. The molecule has 0 aliphatic carbocycles. The third-order valence-electron chi connectivity index (χ3n) is 4.71. The smallest absolute Gasteiger partial charge is 0.224 e. The molecular formula is C18H23FN2O3. The van der Waals surface area contributed by atoms with Crippen molar-refractivity contribution in [2.24, 2.45) is 0 Å². The first-order chi connectivity index (χ1) is 11.5. The van der Waals surface area contributed by atoms with Crippen LogP contribution in [0, 0.1) is 12.7 Å². The highest BCUT2D eigenvalue weighted by Gasteiger charge is 2.37. The summed E-state index contributed by atoms with van der Waals surface area (Å²) in [5.74, 6) is -0.613. The van der Waals surface area contributed by atoms with E-state index in [1.165, 1.54) is 6.07 Å². The van der Waals surface area contributed by atoms with Crippen LogP contribution in [0.2, 0.25) is 0 Å². The van der Waals surface area contributed by atoms with Crippen molar-refractivity contribution in [1.82, 2.24) is 10.6 Å². The summed E-state index contributed by atoms with van der Waals surface area (Å²) in [6, 6.07) is 4.37. The van der Waals surface area contributed by atoms with Crippen LogP contribution in [0.25, 0.3) is 0 Å². The Morgan fingerprint density at radius 1 is 1.42 bits per heavy atom. The predicted molar refractivity (Wildman–Crippen MR) is 86.9 cm³/mol. The summed E-state index contributed by atoms with van der Waals surface area (Å²) in [7, 11) is 0.